The van der Waals surface area contributed by atoms with E-state index in [1.165, 1.54) is 6.20 Å². The van der Waals surface area contributed by atoms with Crippen LogP contribution in [0.2, 0.25) is 0 Å². The van der Waals surface area contributed by atoms with E-state index in [1.54, 1.807) is 18.3 Å². The van der Waals surface area contributed by atoms with Gasteiger partial charge < -0.3 is 11.1 Å². The van der Waals surface area contributed by atoms with E-state index in [-0.39, 0.29) is 11.8 Å². The summed E-state index contributed by atoms with van der Waals surface area (Å²) in [6.07, 6.45) is 3.49. The molecule has 1 heterocycles. The maximum Gasteiger partial charge on any atom is 0.253 e. The largest absolute Gasteiger partial charge is 0.368 e. The Morgan fingerprint density at radius 1 is 1.50 bits per heavy atom. The van der Waals surface area contributed by atoms with Gasteiger partial charge in [-0.1, -0.05) is 20.8 Å². The number of nitrogens with one attached hydrogen (secondary N) is 1. The molecule has 3 N–H and O–H groups in total. The Kier molecular flexibility index (Phi) is 4.42. The number of carbonyl (C=O) groups is 2. The summed E-state index contributed by atoms with van der Waals surface area (Å²) in [7, 11) is 0. The number of hydrogen-bond acceptors (Lipinski definition) is 3. The van der Waals surface area contributed by atoms with Gasteiger partial charge in [0.2, 0.25) is 5.91 Å². The molecule has 0 aromatic carbocycles. The molecule has 0 spiro atoms. The van der Waals surface area contributed by atoms with Crippen molar-refractivity contribution in [3.8, 4) is 0 Å². The Morgan fingerprint density at radius 2 is 2.17 bits per heavy atom. The minimum absolute atomic E-state index is 0.0828. The summed E-state index contributed by atoms with van der Waals surface area (Å²) in [6.45, 7) is 5.55. The molecule has 0 bridgehead atoms. The number of nitrogens with two attached hydrogens (primary N) is 1. The highest BCUT2D eigenvalue weighted by Gasteiger charge is 2.39. The van der Waals surface area contributed by atoms with Crippen LogP contribution in [-0.4, -0.2) is 22.3 Å². The first-order valence-corrected chi connectivity index (χ1v) is 5.96. The molecule has 0 radical (unpaired) electrons. The number of amides is 2. The van der Waals surface area contributed by atoms with Crippen LogP contribution in [0.4, 0.5) is 0 Å². The van der Waals surface area contributed by atoms with Gasteiger partial charge in [-0.05, 0) is 24.5 Å². The number of pyridine rings is 1. The summed E-state index contributed by atoms with van der Waals surface area (Å²) < 4.78 is 0. The molecule has 1 aromatic rings. The van der Waals surface area contributed by atoms with Crippen molar-refractivity contribution >= 4 is 11.8 Å². The molecule has 0 aliphatic heterocycles. The van der Waals surface area contributed by atoms with Gasteiger partial charge in [0.05, 0.1) is 5.56 Å². The molecule has 5 nitrogen and oxygen atoms in total. The Hall–Kier alpha value is -1.91. The summed E-state index contributed by atoms with van der Waals surface area (Å²) in [5.41, 5.74) is 4.83. The number of hydrogen-bond donors (Lipinski definition) is 2. The second-order valence-corrected chi connectivity index (χ2v) is 4.54. The molecule has 0 aliphatic rings. The van der Waals surface area contributed by atoms with Crippen LogP contribution < -0.4 is 11.1 Å². The first kappa shape index (κ1) is 14.2. The van der Waals surface area contributed by atoms with Crippen molar-refractivity contribution in [3.05, 3.63) is 30.1 Å². The van der Waals surface area contributed by atoms with Gasteiger partial charge in [-0.15, -0.1) is 0 Å². The van der Waals surface area contributed by atoms with E-state index in [0.717, 1.165) is 0 Å². The number of carbonyl (C=O) groups excluding carboxylic acids is 2. The number of aromatic nitrogens is 1. The van der Waals surface area contributed by atoms with Crippen LogP contribution in [0, 0.1) is 5.92 Å². The van der Waals surface area contributed by atoms with Crippen molar-refractivity contribution < 1.29 is 9.59 Å². The van der Waals surface area contributed by atoms with E-state index in [2.05, 4.69) is 10.3 Å². The molecule has 98 valence electrons. The van der Waals surface area contributed by atoms with E-state index in [1.807, 2.05) is 20.8 Å². The summed E-state index contributed by atoms with van der Waals surface area (Å²) >= 11 is 0. The maximum atomic E-state index is 12.1. The van der Waals surface area contributed by atoms with E-state index in [4.69, 9.17) is 5.73 Å². The van der Waals surface area contributed by atoms with Crippen LogP contribution in [0.1, 0.15) is 37.6 Å². The molecule has 18 heavy (non-hydrogen) atoms. The predicted molar refractivity (Wildman–Crippen MR) is 68.8 cm³/mol. The molecule has 0 unspecified atom stereocenters. The van der Waals surface area contributed by atoms with Crippen molar-refractivity contribution in [3.63, 3.8) is 0 Å². The SMILES string of the molecule is CC[C@](NC(=O)c1cccnc1)(C(N)=O)C(C)C. The second kappa shape index (κ2) is 5.62. The van der Waals surface area contributed by atoms with Gasteiger partial charge in [0.1, 0.15) is 5.54 Å². The Balaban J connectivity index is 2.99. The molecule has 0 saturated heterocycles. The van der Waals surface area contributed by atoms with Crippen LogP contribution in [0.15, 0.2) is 24.5 Å². The zero-order chi connectivity index (χ0) is 13.8. The number of nitrogens with zero attached hydrogens (tertiary/aromatic N) is 1. The van der Waals surface area contributed by atoms with Gasteiger partial charge in [-0.25, -0.2) is 0 Å². The van der Waals surface area contributed by atoms with Crippen LogP contribution in [-0.2, 0) is 4.79 Å². The van der Waals surface area contributed by atoms with Crippen LogP contribution in [0.5, 0.6) is 0 Å². The van der Waals surface area contributed by atoms with Crippen molar-refractivity contribution in [1.29, 1.82) is 0 Å². The van der Waals surface area contributed by atoms with E-state index in [0.29, 0.717) is 12.0 Å². The van der Waals surface area contributed by atoms with E-state index in [9.17, 15) is 9.59 Å². The fourth-order valence-electron chi connectivity index (χ4n) is 1.93. The number of primary amides is 1. The molecule has 0 saturated carbocycles. The summed E-state index contributed by atoms with van der Waals surface area (Å²) in [5.74, 6) is -0.935. The second-order valence-electron chi connectivity index (χ2n) is 4.54. The Morgan fingerprint density at radius 3 is 2.56 bits per heavy atom. The van der Waals surface area contributed by atoms with Gasteiger partial charge in [0.15, 0.2) is 0 Å². The van der Waals surface area contributed by atoms with Crippen LogP contribution in [0.25, 0.3) is 0 Å². The van der Waals surface area contributed by atoms with E-state index < -0.39 is 11.4 Å². The highest BCUT2D eigenvalue weighted by molar-refractivity contribution is 5.98. The molecule has 5 heteroatoms. The van der Waals surface area contributed by atoms with E-state index >= 15 is 0 Å². The average molecular weight is 249 g/mol. The molecular formula is C13H19N3O2. The quantitative estimate of drug-likeness (QED) is 0.819. The minimum Gasteiger partial charge on any atom is -0.368 e. The maximum absolute atomic E-state index is 12.1. The molecular weight excluding hydrogens is 230 g/mol. The number of rotatable bonds is 5. The monoisotopic (exact) mass is 249 g/mol. The molecule has 1 rings (SSSR count). The lowest BCUT2D eigenvalue weighted by Gasteiger charge is -2.34. The van der Waals surface area contributed by atoms with Crippen molar-refractivity contribution in [2.24, 2.45) is 11.7 Å². The predicted octanol–water partition coefficient (Wildman–Crippen LogP) is 1.10. The highest BCUT2D eigenvalue weighted by Crippen LogP contribution is 2.21. The third kappa shape index (κ3) is 2.67. The molecule has 1 atom stereocenters. The smallest absolute Gasteiger partial charge is 0.253 e. The molecule has 0 aliphatic carbocycles. The first-order valence-electron chi connectivity index (χ1n) is 5.96. The van der Waals surface area contributed by atoms with Crippen LogP contribution in [0.3, 0.4) is 0 Å². The third-order valence-corrected chi connectivity index (χ3v) is 3.24. The van der Waals surface area contributed by atoms with Crippen molar-refractivity contribution in [2.75, 3.05) is 0 Å². The van der Waals surface area contributed by atoms with Gasteiger partial charge >= 0.3 is 0 Å². The van der Waals surface area contributed by atoms with Gasteiger partial charge in [0.25, 0.3) is 5.91 Å². The fraction of sp³-hybridized carbons (Fsp3) is 0.462. The van der Waals surface area contributed by atoms with Gasteiger partial charge in [-0.2, -0.15) is 0 Å². The average Bonchev–Trinajstić information content (AvgIpc) is 2.36. The molecule has 1 aromatic heterocycles. The normalized spacial score (nSPS) is 14.0. The standard InChI is InChI=1S/C13H19N3O2/c1-4-13(9(2)3,12(14)18)16-11(17)10-6-5-7-15-8-10/h5-9H,4H2,1-3H3,(H2,14,18)(H,16,17)/t13-/m1/s1. The Bertz CT molecular complexity index is 431. The highest BCUT2D eigenvalue weighted by atomic mass is 16.2. The lowest BCUT2D eigenvalue weighted by atomic mass is 9.83. The molecule has 2 amide bonds. The fourth-order valence-corrected chi connectivity index (χ4v) is 1.93. The van der Waals surface area contributed by atoms with Gasteiger partial charge in [0, 0.05) is 12.4 Å². The van der Waals surface area contributed by atoms with Crippen LogP contribution >= 0.6 is 0 Å². The zero-order valence-electron chi connectivity index (χ0n) is 10.9. The Labute approximate surface area is 107 Å². The lowest BCUT2D eigenvalue weighted by Crippen LogP contribution is -2.60. The van der Waals surface area contributed by atoms with Crippen molar-refractivity contribution in [1.82, 2.24) is 10.3 Å². The zero-order valence-corrected chi connectivity index (χ0v) is 10.9. The van der Waals surface area contributed by atoms with Gasteiger partial charge in [-0.3, -0.25) is 14.6 Å². The molecule has 0 fully saturated rings. The summed E-state index contributed by atoms with van der Waals surface area (Å²) in [5, 5.41) is 2.74. The lowest BCUT2D eigenvalue weighted by molar-refractivity contribution is -0.126. The topological polar surface area (TPSA) is 85.1 Å². The first-order chi connectivity index (χ1) is 8.44. The minimum atomic E-state index is -1.02. The van der Waals surface area contributed by atoms with Crippen molar-refractivity contribution in [2.45, 2.75) is 32.7 Å². The summed E-state index contributed by atoms with van der Waals surface area (Å²) in [4.78, 5) is 27.6. The summed E-state index contributed by atoms with van der Waals surface area (Å²) in [6, 6.07) is 3.31. The third-order valence-electron chi connectivity index (χ3n) is 3.24.